The summed E-state index contributed by atoms with van der Waals surface area (Å²) in [5.41, 5.74) is 6.47. The van der Waals surface area contributed by atoms with E-state index in [0.717, 1.165) is 40.7 Å². The van der Waals surface area contributed by atoms with Crippen LogP contribution in [0.2, 0.25) is 0 Å². The summed E-state index contributed by atoms with van der Waals surface area (Å²) in [5.74, 6) is 1.33. The summed E-state index contributed by atoms with van der Waals surface area (Å²) < 4.78 is 5.25. The molecule has 6 heteroatoms. The highest BCUT2D eigenvalue weighted by molar-refractivity contribution is 7.15. The van der Waals surface area contributed by atoms with Crippen LogP contribution in [0.4, 0.5) is 0 Å². The van der Waals surface area contributed by atoms with Gasteiger partial charge in [-0.2, -0.15) is 4.98 Å². The van der Waals surface area contributed by atoms with Crippen molar-refractivity contribution in [3.05, 3.63) is 16.5 Å². The van der Waals surface area contributed by atoms with E-state index >= 15 is 0 Å². The van der Waals surface area contributed by atoms with Crippen molar-refractivity contribution in [2.24, 2.45) is 5.73 Å². The van der Waals surface area contributed by atoms with Crippen LogP contribution in [-0.2, 0) is 13.0 Å². The van der Waals surface area contributed by atoms with Gasteiger partial charge in [-0.05, 0) is 13.3 Å². The van der Waals surface area contributed by atoms with Crippen LogP contribution in [0.5, 0.6) is 0 Å². The lowest BCUT2D eigenvalue weighted by Crippen LogP contribution is -1.94. The summed E-state index contributed by atoms with van der Waals surface area (Å²) in [7, 11) is 0. The molecular formula is C11H16N4OS. The fourth-order valence-corrected chi connectivity index (χ4v) is 2.39. The Labute approximate surface area is 104 Å². The Hall–Kier alpha value is -1.27. The van der Waals surface area contributed by atoms with E-state index in [0.29, 0.717) is 12.4 Å². The van der Waals surface area contributed by atoms with E-state index < -0.39 is 0 Å². The second-order valence-corrected chi connectivity index (χ2v) is 4.93. The maximum absolute atomic E-state index is 5.56. The van der Waals surface area contributed by atoms with Crippen molar-refractivity contribution >= 4 is 11.3 Å². The number of nitrogens with two attached hydrogens (primary N) is 1. The molecule has 0 spiro atoms. The summed E-state index contributed by atoms with van der Waals surface area (Å²) in [6.45, 7) is 4.52. The van der Waals surface area contributed by atoms with Crippen molar-refractivity contribution in [3.63, 3.8) is 0 Å². The molecule has 92 valence electrons. The minimum Gasteiger partial charge on any atom is -0.333 e. The molecule has 2 rings (SSSR count). The Morgan fingerprint density at radius 2 is 2.18 bits per heavy atom. The Morgan fingerprint density at radius 1 is 1.35 bits per heavy atom. The van der Waals surface area contributed by atoms with Crippen molar-refractivity contribution in [1.29, 1.82) is 0 Å². The molecule has 0 amide bonds. The van der Waals surface area contributed by atoms with Crippen molar-refractivity contribution in [1.82, 2.24) is 15.1 Å². The lowest BCUT2D eigenvalue weighted by Gasteiger charge is -1.88. The van der Waals surface area contributed by atoms with Gasteiger partial charge in [-0.15, -0.1) is 11.3 Å². The van der Waals surface area contributed by atoms with Crippen molar-refractivity contribution in [2.75, 3.05) is 0 Å². The molecule has 0 unspecified atom stereocenters. The molecule has 2 aromatic heterocycles. The van der Waals surface area contributed by atoms with Gasteiger partial charge in [0.15, 0.2) is 5.82 Å². The first kappa shape index (κ1) is 12.2. The van der Waals surface area contributed by atoms with Gasteiger partial charge >= 0.3 is 0 Å². The molecule has 0 radical (unpaired) electrons. The first-order valence-electron chi connectivity index (χ1n) is 5.74. The van der Waals surface area contributed by atoms with E-state index in [2.05, 4.69) is 22.0 Å². The first-order valence-corrected chi connectivity index (χ1v) is 6.55. The summed E-state index contributed by atoms with van der Waals surface area (Å²) in [6.07, 6.45) is 3.07. The van der Waals surface area contributed by atoms with Gasteiger partial charge in [-0.25, -0.2) is 4.98 Å². The van der Waals surface area contributed by atoms with E-state index in [1.807, 2.05) is 6.92 Å². The molecule has 0 aromatic carbocycles. The first-order chi connectivity index (χ1) is 8.24. The highest BCUT2D eigenvalue weighted by Crippen LogP contribution is 2.28. The molecule has 0 atom stereocenters. The zero-order valence-electron chi connectivity index (χ0n) is 10.1. The van der Waals surface area contributed by atoms with Crippen molar-refractivity contribution in [2.45, 2.75) is 39.7 Å². The molecule has 2 aromatic rings. The third kappa shape index (κ3) is 2.70. The number of hydrogen-bond donors (Lipinski definition) is 1. The van der Waals surface area contributed by atoms with Crippen LogP contribution in [0.3, 0.4) is 0 Å². The summed E-state index contributed by atoms with van der Waals surface area (Å²) >= 11 is 1.52. The number of aromatic nitrogens is 3. The zero-order chi connectivity index (χ0) is 12.3. The predicted molar refractivity (Wildman–Crippen MR) is 66.6 cm³/mol. The Kier molecular flexibility index (Phi) is 3.86. The van der Waals surface area contributed by atoms with Gasteiger partial charge < -0.3 is 10.3 Å². The standard InChI is InChI=1S/C11H16N4OS/c1-3-4-5-8-14-11(16-15-8)10-7(2)13-9(6-12)17-10/h3-6,12H2,1-2H3. The van der Waals surface area contributed by atoms with Crippen LogP contribution < -0.4 is 5.73 Å². The lowest BCUT2D eigenvalue weighted by molar-refractivity contribution is 0.422. The second kappa shape index (κ2) is 5.37. The molecule has 0 saturated heterocycles. The third-order valence-electron chi connectivity index (χ3n) is 2.43. The van der Waals surface area contributed by atoms with Gasteiger partial charge in [-0.1, -0.05) is 18.5 Å². The third-order valence-corrected chi connectivity index (χ3v) is 3.60. The average Bonchev–Trinajstić information content (AvgIpc) is 2.92. The van der Waals surface area contributed by atoms with Crippen LogP contribution in [0, 0.1) is 6.92 Å². The molecule has 0 aliphatic heterocycles. The Bertz CT molecular complexity index is 491. The molecule has 0 saturated carbocycles. The molecule has 2 heterocycles. The second-order valence-electron chi connectivity index (χ2n) is 3.85. The van der Waals surface area contributed by atoms with Gasteiger partial charge in [0, 0.05) is 13.0 Å². The Balaban J connectivity index is 2.20. The van der Waals surface area contributed by atoms with E-state index in [-0.39, 0.29) is 0 Å². The normalized spacial score (nSPS) is 11.0. The van der Waals surface area contributed by atoms with Crippen LogP contribution >= 0.6 is 11.3 Å². The Morgan fingerprint density at radius 3 is 2.82 bits per heavy atom. The number of unbranched alkanes of at least 4 members (excludes halogenated alkanes) is 1. The molecule has 0 aliphatic rings. The zero-order valence-corrected chi connectivity index (χ0v) is 10.9. The molecule has 0 fully saturated rings. The van der Waals surface area contributed by atoms with Gasteiger partial charge in [0.25, 0.3) is 5.89 Å². The summed E-state index contributed by atoms with van der Waals surface area (Å²) in [5, 5.41) is 4.86. The topological polar surface area (TPSA) is 77.8 Å². The fraction of sp³-hybridized carbons (Fsp3) is 0.545. The van der Waals surface area contributed by atoms with Crippen LogP contribution in [0.15, 0.2) is 4.52 Å². The smallest absolute Gasteiger partial charge is 0.269 e. The molecule has 0 aliphatic carbocycles. The monoisotopic (exact) mass is 252 g/mol. The van der Waals surface area contributed by atoms with E-state index in [9.17, 15) is 0 Å². The van der Waals surface area contributed by atoms with E-state index in [1.165, 1.54) is 11.3 Å². The quantitative estimate of drug-likeness (QED) is 0.883. The van der Waals surface area contributed by atoms with E-state index in [4.69, 9.17) is 10.3 Å². The summed E-state index contributed by atoms with van der Waals surface area (Å²) in [4.78, 5) is 9.65. The molecule has 17 heavy (non-hydrogen) atoms. The largest absolute Gasteiger partial charge is 0.333 e. The maximum Gasteiger partial charge on any atom is 0.269 e. The number of nitrogens with zero attached hydrogens (tertiary/aromatic N) is 3. The summed E-state index contributed by atoms with van der Waals surface area (Å²) in [6, 6.07) is 0. The number of hydrogen-bond acceptors (Lipinski definition) is 6. The minimum atomic E-state index is 0.447. The maximum atomic E-state index is 5.56. The SMILES string of the molecule is CCCCc1noc(-c2sc(CN)nc2C)n1. The number of thiazole rings is 1. The fourth-order valence-electron chi connectivity index (χ4n) is 1.52. The van der Waals surface area contributed by atoms with Gasteiger partial charge in [0.05, 0.1) is 5.69 Å². The molecule has 5 nitrogen and oxygen atoms in total. The van der Waals surface area contributed by atoms with Crippen LogP contribution in [-0.4, -0.2) is 15.1 Å². The highest BCUT2D eigenvalue weighted by Gasteiger charge is 2.15. The van der Waals surface area contributed by atoms with Crippen LogP contribution in [0.25, 0.3) is 10.8 Å². The van der Waals surface area contributed by atoms with Gasteiger partial charge in [-0.3, -0.25) is 0 Å². The van der Waals surface area contributed by atoms with E-state index in [1.54, 1.807) is 0 Å². The average molecular weight is 252 g/mol. The van der Waals surface area contributed by atoms with Gasteiger partial charge in [0.2, 0.25) is 0 Å². The molecular weight excluding hydrogens is 236 g/mol. The molecule has 0 bridgehead atoms. The molecule has 2 N–H and O–H groups in total. The predicted octanol–water partition coefficient (Wildman–Crippen LogP) is 2.30. The number of rotatable bonds is 5. The van der Waals surface area contributed by atoms with Crippen molar-refractivity contribution in [3.8, 4) is 10.8 Å². The minimum absolute atomic E-state index is 0.447. The lowest BCUT2D eigenvalue weighted by atomic mass is 10.2. The van der Waals surface area contributed by atoms with Gasteiger partial charge in [0.1, 0.15) is 9.88 Å². The highest BCUT2D eigenvalue weighted by atomic mass is 32.1. The van der Waals surface area contributed by atoms with Crippen LogP contribution in [0.1, 0.15) is 36.3 Å². The number of aryl methyl sites for hydroxylation is 2. The van der Waals surface area contributed by atoms with Crippen molar-refractivity contribution < 1.29 is 4.52 Å².